The lowest BCUT2D eigenvalue weighted by molar-refractivity contribution is -0.0522. The lowest BCUT2D eigenvalue weighted by Crippen LogP contribution is -2.41. The van der Waals surface area contributed by atoms with E-state index in [1.54, 1.807) is 0 Å². The largest absolute Gasteiger partial charge is 0.391 e. The molecule has 0 aliphatic rings. The van der Waals surface area contributed by atoms with Crippen molar-refractivity contribution in [3.63, 3.8) is 0 Å². The standard InChI is InChI=1S/C17H40N4O5/c1-3-15(22)11-25-13-17(24)14-26-12-16(23)10-20-6-9-21(7-4-18)8-5-19-2/h15-17,19-20,22-24H,3-14,18H2,1-2H3. The quantitative estimate of drug-likeness (QED) is 0.135. The van der Waals surface area contributed by atoms with Gasteiger partial charge in [-0.05, 0) is 13.5 Å². The van der Waals surface area contributed by atoms with E-state index < -0.39 is 18.3 Å². The number of aliphatic hydroxyl groups excluding tert-OH is 3. The van der Waals surface area contributed by atoms with Gasteiger partial charge in [-0.1, -0.05) is 6.92 Å². The van der Waals surface area contributed by atoms with E-state index in [1.807, 2.05) is 14.0 Å². The summed E-state index contributed by atoms with van der Waals surface area (Å²) in [5, 5.41) is 35.2. The number of hydrogen-bond acceptors (Lipinski definition) is 9. The van der Waals surface area contributed by atoms with Crippen LogP contribution in [0.15, 0.2) is 0 Å². The normalized spacial score (nSPS) is 15.3. The zero-order valence-electron chi connectivity index (χ0n) is 16.4. The van der Waals surface area contributed by atoms with Crippen molar-refractivity contribution in [3.8, 4) is 0 Å². The number of hydrogen-bond donors (Lipinski definition) is 6. The van der Waals surface area contributed by atoms with Crippen LogP contribution in [-0.2, 0) is 9.47 Å². The maximum absolute atomic E-state index is 9.88. The average molecular weight is 381 g/mol. The fraction of sp³-hybridized carbons (Fsp3) is 1.00. The Balaban J connectivity index is 3.62. The molecule has 0 bridgehead atoms. The van der Waals surface area contributed by atoms with Crippen LogP contribution in [0.5, 0.6) is 0 Å². The summed E-state index contributed by atoms with van der Waals surface area (Å²) in [6.07, 6.45) is -1.29. The molecule has 0 aromatic heterocycles. The van der Waals surface area contributed by atoms with Gasteiger partial charge in [-0.3, -0.25) is 4.90 Å². The van der Waals surface area contributed by atoms with Gasteiger partial charge in [0.25, 0.3) is 0 Å². The average Bonchev–Trinajstić information content (AvgIpc) is 2.62. The van der Waals surface area contributed by atoms with Gasteiger partial charge in [0.05, 0.1) is 38.6 Å². The number of likely N-dealkylation sites (N-methyl/N-ethyl adjacent to an activating group) is 1. The third-order valence-corrected chi connectivity index (χ3v) is 3.82. The van der Waals surface area contributed by atoms with Crippen LogP contribution in [0.2, 0.25) is 0 Å². The Morgan fingerprint density at radius 1 is 0.885 bits per heavy atom. The molecule has 0 radical (unpaired) electrons. The Kier molecular flexibility index (Phi) is 17.8. The first kappa shape index (κ1) is 25.6. The zero-order valence-corrected chi connectivity index (χ0v) is 16.4. The molecule has 0 fully saturated rings. The van der Waals surface area contributed by atoms with Crippen LogP contribution < -0.4 is 16.4 Å². The molecule has 3 unspecified atom stereocenters. The van der Waals surface area contributed by atoms with E-state index >= 15 is 0 Å². The minimum Gasteiger partial charge on any atom is -0.391 e. The molecule has 0 saturated heterocycles. The van der Waals surface area contributed by atoms with Crippen LogP contribution in [0.4, 0.5) is 0 Å². The van der Waals surface area contributed by atoms with Crippen molar-refractivity contribution in [1.29, 1.82) is 0 Å². The van der Waals surface area contributed by atoms with Crippen molar-refractivity contribution in [2.24, 2.45) is 5.73 Å². The number of nitrogens with one attached hydrogen (secondary N) is 2. The molecule has 0 rings (SSSR count). The molecule has 9 heteroatoms. The van der Waals surface area contributed by atoms with E-state index in [0.29, 0.717) is 19.5 Å². The van der Waals surface area contributed by atoms with E-state index in [1.165, 1.54) is 0 Å². The second-order valence-electron chi connectivity index (χ2n) is 6.38. The van der Waals surface area contributed by atoms with Crippen LogP contribution in [0.25, 0.3) is 0 Å². The highest BCUT2D eigenvalue weighted by molar-refractivity contribution is 4.64. The van der Waals surface area contributed by atoms with Crippen molar-refractivity contribution >= 4 is 0 Å². The molecule has 0 spiro atoms. The molecule has 0 aliphatic carbocycles. The van der Waals surface area contributed by atoms with E-state index in [4.69, 9.17) is 15.2 Å². The third kappa shape index (κ3) is 15.9. The van der Waals surface area contributed by atoms with Gasteiger partial charge >= 0.3 is 0 Å². The second kappa shape index (κ2) is 18.0. The van der Waals surface area contributed by atoms with Gasteiger partial charge in [-0.2, -0.15) is 0 Å². The number of ether oxygens (including phenoxy) is 2. The van der Waals surface area contributed by atoms with Crippen molar-refractivity contribution < 1.29 is 24.8 Å². The predicted molar refractivity (Wildman–Crippen MR) is 102 cm³/mol. The lowest BCUT2D eigenvalue weighted by atomic mass is 10.3. The Hall–Kier alpha value is -0.360. The molecule has 7 N–H and O–H groups in total. The number of aliphatic hydroxyl groups is 3. The summed E-state index contributed by atoms with van der Waals surface area (Å²) in [4.78, 5) is 2.26. The molecule has 0 heterocycles. The molecule has 9 nitrogen and oxygen atoms in total. The van der Waals surface area contributed by atoms with Crippen LogP contribution >= 0.6 is 0 Å². The third-order valence-electron chi connectivity index (χ3n) is 3.82. The highest BCUT2D eigenvalue weighted by atomic mass is 16.5. The Morgan fingerprint density at radius 3 is 2.04 bits per heavy atom. The maximum atomic E-state index is 9.88. The van der Waals surface area contributed by atoms with Crippen LogP contribution in [-0.4, -0.2) is 118 Å². The fourth-order valence-corrected chi connectivity index (χ4v) is 2.20. The molecule has 0 aliphatic heterocycles. The first-order chi connectivity index (χ1) is 12.5. The summed E-state index contributed by atoms with van der Waals surface area (Å²) in [6.45, 7) is 7.80. The molecular weight excluding hydrogens is 340 g/mol. The predicted octanol–water partition coefficient (Wildman–Crippen LogP) is -2.42. The van der Waals surface area contributed by atoms with Crippen molar-refractivity contribution in [2.75, 3.05) is 79.3 Å². The van der Waals surface area contributed by atoms with Gasteiger partial charge < -0.3 is 41.2 Å². The van der Waals surface area contributed by atoms with E-state index in [0.717, 1.165) is 32.7 Å². The molecule has 26 heavy (non-hydrogen) atoms. The fourth-order valence-electron chi connectivity index (χ4n) is 2.20. The van der Waals surface area contributed by atoms with Gasteiger partial charge in [0.15, 0.2) is 0 Å². The van der Waals surface area contributed by atoms with Crippen molar-refractivity contribution in [3.05, 3.63) is 0 Å². The van der Waals surface area contributed by atoms with Crippen LogP contribution in [0.1, 0.15) is 13.3 Å². The van der Waals surface area contributed by atoms with E-state index in [-0.39, 0.29) is 26.4 Å². The lowest BCUT2D eigenvalue weighted by Gasteiger charge is -2.22. The molecule has 158 valence electrons. The van der Waals surface area contributed by atoms with E-state index in [2.05, 4.69) is 15.5 Å². The molecule has 0 saturated carbocycles. The second-order valence-corrected chi connectivity index (χ2v) is 6.38. The Bertz CT molecular complexity index is 302. The van der Waals surface area contributed by atoms with Crippen LogP contribution in [0.3, 0.4) is 0 Å². The molecule has 0 aromatic carbocycles. The van der Waals surface area contributed by atoms with Gasteiger partial charge in [-0.15, -0.1) is 0 Å². The summed E-state index contributed by atoms with van der Waals surface area (Å²) < 4.78 is 10.5. The monoisotopic (exact) mass is 380 g/mol. The van der Waals surface area contributed by atoms with Crippen molar-refractivity contribution in [1.82, 2.24) is 15.5 Å². The first-order valence-corrected chi connectivity index (χ1v) is 9.50. The molecule has 0 amide bonds. The van der Waals surface area contributed by atoms with E-state index in [9.17, 15) is 15.3 Å². The summed E-state index contributed by atoms with van der Waals surface area (Å²) in [5.74, 6) is 0. The minimum absolute atomic E-state index is 0.0908. The molecule has 0 aromatic rings. The topological polar surface area (TPSA) is 132 Å². The molecular formula is C17H40N4O5. The van der Waals surface area contributed by atoms with Gasteiger partial charge in [-0.25, -0.2) is 0 Å². The minimum atomic E-state index is -0.767. The smallest absolute Gasteiger partial charge is 0.101 e. The molecule has 3 atom stereocenters. The number of nitrogens with zero attached hydrogens (tertiary/aromatic N) is 1. The highest BCUT2D eigenvalue weighted by Crippen LogP contribution is 1.94. The Labute approximate surface area is 157 Å². The zero-order chi connectivity index (χ0) is 19.6. The summed E-state index contributed by atoms with van der Waals surface area (Å²) in [5.41, 5.74) is 5.60. The summed E-state index contributed by atoms with van der Waals surface area (Å²) in [6, 6.07) is 0. The summed E-state index contributed by atoms with van der Waals surface area (Å²) in [7, 11) is 1.92. The highest BCUT2D eigenvalue weighted by Gasteiger charge is 2.10. The van der Waals surface area contributed by atoms with Gasteiger partial charge in [0, 0.05) is 45.8 Å². The first-order valence-electron chi connectivity index (χ1n) is 9.50. The van der Waals surface area contributed by atoms with Gasteiger partial charge in [0.2, 0.25) is 0 Å². The Morgan fingerprint density at radius 2 is 1.46 bits per heavy atom. The van der Waals surface area contributed by atoms with Crippen LogP contribution in [0, 0.1) is 0 Å². The number of nitrogens with two attached hydrogens (primary N) is 1. The van der Waals surface area contributed by atoms with Crippen molar-refractivity contribution in [2.45, 2.75) is 31.7 Å². The number of rotatable bonds is 19. The maximum Gasteiger partial charge on any atom is 0.101 e. The summed E-state index contributed by atoms with van der Waals surface area (Å²) >= 11 is 0. The van der Waals surface area contributed by atoms with Gasteiger partial charge in [0.1, 0.15) is 6.10 Å². The SMILES string of the molecule is CCC(O)COCC(O)COCC(O)CNCCN(CCN)CCNC.